The Kier molecular flexibility index (Phi) is 7.82. The minimum absolute atomic E-state index is 0.618. The fourth-order valence-corrected chi connectivity index (χ4v) is 8.33. The lowest BCUT2D eigenvalue weighted by atomic mass is 10.0. The van der Waals surface area contributed by atoms with E-state index in [-0.39, 0.29) is 0 Å². The normalized spacial score (nSPS) is 12.1. The second kappa shape index (κ2) is 13.3. The predicted octanol–water partition coefficient (Wildman–Crippen LogP) is 16.1. The summed E-state index contributed by atoms with van der Waals surface area (Å²) in [5, 5.41) is 8.16. The van der Waals surface area contributed by atoms with Gasteiger partial charge in [0.05, 0.1) is 5.56 Å². The van der Waals surface area contributed by atoms with E-state index in [1.807, 2.05) is 71.6 Å². The molecule has 0 saturated heterocycles. The van der Waals surface area contributed by atoms with Crippen molar-refractivity contribution in [3.8, 4) is 0 Å². The van der Waals surface area contributed by atoms with Crippen molar-refractivity contribution < 1.29 is 22.0 Å². The van der Waals surface area contributed by atoms with Crippen molar-refractivity contribution >= 4 is 99.5 Å². The molecule has 0 atom stereocenters. The van der Waals surface area contributed by atoms with E-state index in [0.717, 1.165) is 106 Å². The summed E-state index contributed by atoms with van der Waals surface area (Å²) in [6.07, 6.45) is -4.42. The Balaban J connectivity index is 0.990. The number of alkyl halides is 3. The summed E-state index contributed by atoms with van der Waals surface area (Å²) in [6, 6.07) is 59.2. The fraction of sp³-hybridized carbons (Fsp3) is 0.0385. The third-order valence-electron chi connectivity index (χ3n) is 11.2. The highest BCUT2D eigenvalue weighted by Gasteiger charge is 2.30. The molecule has 0 aliphatic heterocycles. The number of rotatable bonds is 6. The molecule has 284 valence electrons. The molecule has 0 spiro atoms. The van der Waals surface area contributed by atoms with E-state index in [1.54, 1.807) is 0 Å². The summed E-state index contributed by atoms with van der Waals surface area (Å²) in [7, 11) is 0. The van der Waals surface area contributed by atoms with Crippen LogP contribution in [0.3, 0.4) is 0 Å². The van der Waals surface area contributed by atoms with Gasteiger partial charge in [-0.2, -0.15) is 13.2 Å². The molecule has 0 amide bonds. The predicted molar refractivity (Wildman–Crippen MR) is 235 cm³/mol. The summed E-state index contributed by atoms with van der Waals surface area (Å²) < 4.78 is 53.4. The standard InChI is InChI=1S/C52H33F3N2O2/c1-32-12-18-40(19-13-32)56(38-8-4-2-5-9-38)42-20-14-33-26-44-46-30-47-45-27-34-15-21-43(57(39-10-6-3-7-11-39)41-22-16-37(17-23-41)52(53,54)55)25-36(34)29-49(45)59-51(47)31-50(46)58-48(44)28-35(33)24-42/h2-31H,1H3. The number of benzene rings is 9. The van der Waals surface area contributed by atoms with Crippen molar-refractivity contribution in [3.63, 3.8) is 0 Å². The number of aryl methyl sites for hydroxylation is 1. The minimum Gasteiger partial charge on any atom is -0.456 e. The average molecular weight is 775 g/mol. The Hall–Kier alpha value is -7.51. The van der Waals surface area contributed by atoms with Gasteiger partial charge in [-0.3, -0.25) is 0 Å². The van der Waals surface area contributed by atoms with Crippen LogP contribution in [-0.4, -0.2) is 0 Å². The Morgan fingerprint density at radius 2 is 0.746 bits per heavy atom. The maximum Gasteiger partial charge on any atom is 0.416 e. The zero-order valence-corrected chi connectivity index (χ0v) is 31.7. The second-order valence-electron chi connectivity index (χ2n) is 15.0. The highest BCUT2D eigenvalue weighted by Crippen LogP contribution is 2.43. The molecule has 0 radical (unpaired) electrons. The van der Waals surface area contributed by atoms with Crippen LogP contribution in [0.1, 0.15) is 11.1 Å². The van der Waals surface area contributed by atoms with Gasteiger partial charge in [-0.25, -0.2) is 0 Å². The van der Waals surface area contributed by atoms with Gasteiger partial charge in [-0.1, -0.05) is 66.2 Å². The van der Waals surface area contributed by atoms with Crippen LogP contribution in [0.25, 0.3) is 65.4 Å². The topological polar surface area (TPSA) is 32.8 Å². The van der Waals surface area contributed by atoms with E-state index in [2.05, 4.69) is 103 Å². The van der Waals surface area contributed by atoms with Gasteiger partial charge in [0, 0.05) is 61.7 Å². The van der Waals surface area contributed by atoms with Crippen LogP contribution in [0.15, 0.2) is 191 Å². The zero-order valence-electron chi connectivity index (χ0n) is 31.7. The molecule has 59 heavy (non-hydrogen) atoms. The molecular weight excluding hydrogens is 742 g/mol. The van der Waals surface area contributed by atoms with Crippen molar-refractivity contribution in [1.29, 1.82) is 0 Å². The third kappa shape index (κ3) is 6.01. The number of hydrogen-bond acceptors (Lipinski definition) is 4. The lowest BCUT2D eigenvalue weighted by molar-refractivity contribution is -0.137. The average Bonchev–Trinajstić information content (AvgIpc) is 3.78. The molecule has 11 aromatic rings. The van der Waals surface area contributed by atoms with Gasteiger partial charge in [-0.05, 0) is 144 Å². The summed E-state index contributed by atoms with van der Waals surface area (Å²) in [5.74, 6) is 0. The first kappa shape index (κ1) is 34.7. The third-order valence-corrected chi connectivity index (χ3v) is 11.2. The summed E-state index contributed by atoms with van der Waals surface area (Å²) in [4.78, 5) is 4.22. The van der Waals surface area contributed by atoms with Crippen LogP contribution in [0.4, 0.5) is 47.3 Å². The first-order chi connectivity index (χ1) is 28.7. The van der Waals surface area contributed by atoms with Crippen LogP contribution in [0.5, 0.6) is 0 Å². The quantitative estimate of drug-likeness (QED) is 0.168. The molecule has 0 N–H and O–H groups in total. The molecule has 4 nitrogen and oxygen atoms in total. The Morgan fingerprint density at radius 3 is 1.20 bits per heavy atom. The highest BCUT2D eigenvalue weighted by molar-refractivity contribution is 6.18. The fourth-order valence-electron chi connectivity index (χ4n) is 8.33. The summed E-state index contributed by atoms with van der Waals surface area (Å²) >= 11 is 0. The van der Waals surface area contributed by atoms with E-state index in [9.17, 15) is 13.2 Å². The molecule has 0 aliphatic carbocycles. The van der Waals surface area contributed by atoms with E-state index < -0.39 is 11.7 Å². The van der Waals surface area contributed by atoms with Crippen LogP contribution < -0.4 is 9.80 Å². The van der Waals surface area contributed by atoms with Crippen LogP contribution in [0, 0.1) is 6.92 Å². The van der Waals surface area contributed by atoms with Gasteiger partial charge in [0.15, 0.2) is 0 Å². The first-order valence-electron chi connectivity index (χ1n) is 19.4. The largest absolute Gasteiger partial charge is 0.456 e. The molecular formula is C52H33F3N2O2. The van der Waals surface area contributed by atoms with Crippen LogP contribution >= 0.6 is 0 Å². The molecule has 0 bridgehead atoms. The maximum absolute atomic E-state index is 13.4. The van der Waals surface area contributed by atoms with E-state index in [0.29, 0.717) is 5.69 Å². The number of anilines is 6. The van der Waals surface area contributed by atoms with Gasteiger partial charge in [-0.15, -0.1) is 0 Å². The molecule has 2 aromatic heterocycles. The lowest BCUT2D eigenvalue weighted by Gasteiger charge is -2.26. The highest BCUT2D eigenvalue weighted by atomic mass is 19.4. The van der Waals surface area contributed by atoms with Crippen molar-refractivity contribution in [2.75, 3.05) is 9.80 Å². The van der Waals surface area contributed by atoms with Crippen molar-refractivity contribution in [1.82, 2.24) is 0 Å². The van der Waals surface area contributed by atoms with Gasteiger partial charge < -0.3 is 18.6 Å². The summed E-state index contributed by atoms with van der Waals surface area (Å²) in [5.41, 5.74) is 9.00. The number of hydrogen-bond donors (Lipinski definition) is 0. The Labute approximate surface area is 336 Å². The zero-order chi connectivity index (χ0) is 39.8. The van der Waals surface area contributed by atoms with E-state index in [1.165, 1.54) is 17.7 Å². The Bertz CT molecular complexity index is 3370. The molecule has 2 heterocycles. The molecule has 0 unspecified atom stereocenters. The molecule has 7 heteroatoms. The SMILES string of the molecule is Cc1ccc(N(c2ccccc2)c2ccc3cc4c(cc3c2)oc2cc3oc5cc6cc(N(c7ccccc7)c7ccc(C(F)(F)F)cc7)ccc6cc5c3cc24)cc1. The van der Waals surface area contributed by atoms with E-state index in [4.69, 9.17) is 8.83 Å². The number of fused-ring (bicyclic) bond motifs is 8. The van der Waals surface area contributed by atoms with Crippen LogP contribution in [-0.2, 0) is 6.18 Å². The number of para-hydroxylation sites is 2. The van der Waals surface area contributed by atoms with Crippen LogP contribution in [0.2, 0.25) is 0 Å². The molecule has 11 rings (SSSR count). The molecule has 0 fully saturated rings. The first-order valence-corrected chi connectivity index (χ1v) is 19.4. The Morgan fingerprint density at radius 1 is 0.356 bits per heavy atom. The van der Waals surface area contributed by atoms with Gasteiger partial charge in [0.25, 0.3) is 0 Å². The van der Waals surface area contributed by atoms with E-state index >= 15 is 0 Å². The number of halogens is 3. The molecule has 0 aliphatic rings. The smallest absolute Gasteiger partial charge is 0.416 e. The number of furan rings is 2. The molecule has 9 aromatic carbocycles. The summed E-state index contributed by atoms with van der Waals surface area (Å²) in [6.45, 7) is 2.10. The van der Waals surface area contributed by atoms with Gasteiger partial charge in [0.1, 0.15) is 22.3 Å². The lowest BCUT2D eigenvalue weighted by Crippen LogP contribution is -2.11. The van der Waals surface area contributed by atoms with Gasteiger partial charge in [0.2, 0.25) is 0 Å². The van der Waals surface area contributed by atoms with Crippen molar-refractivity contribution in [3.05, 3.63) is 193 Å². The number of nitrogens with zero attached hydrogens (tertiary/aromatic N) is 2. The monoisotopic (exact) mass is 774 g/mol. The van der Waals surface area contributed by atoms with Gasteiger partial charge >= 0.3 is 6.18 Å². The van der Waals surface area contributed by atoms with Crippen molar-refractivity contribution in [2.24, 2.45) is 0 Å². The maximum atomic E-state index is 13.4. The van der Waals surface area contributed by atoms with Crippen molar-refractivity contribution in [2.45, 2.75) is 13.1 Å². The minimum atomic E-state index is -4.42. The second-order valence-corrected chi connectivity index (χ2v) is 15.0. The molecule has 0 saturated carbocycles.